The Balaban J connectivity index is 1.73. The number of hydrogen-bond acceptors (Lipinski definition) is 2. The minimum absolute atomic E-state index is 0.00926. The predicted molar refractivity (Wildman–Crippen MR) is 80.2 cm³/mol. The molecule has 22 heavy (non-hydrogen) atoms. The third-order valence-electron chi connectivity index (χ3n) is 5.01. The van der Waals surface area contributed by atoms with Crippen LogP contribution in [0.4, 0.5) is 8.78 Å². The molecule has 1 heterocycles. The molecule has 2 fully saturated rings. The monoisotopic (exact) mass is 308 g/mol. The van der Waals surface area contributed by atoms with Gasteiger partial charge >= 0.3 is 0 Å². The Morgan fingerprint density at radius 2 is 2.00 bits per heavy atom. The van der Waals surface area contributed by atoms with Crippen molar-refractivity contribution in [1.29, 1.82) is 0 Å². The summed E-state index contributed by atoms with van der Waals surface area (Å²) in [6.45, 7) is 3.31. The molecule has 1 amide bonds. The summed E-state index contributed by atoms with van der Waals surface area (Å²) in [6, 6.07) is 3.92. The van der Waals surface area contributed by atoms with Crippen molar-refractivity contribution >= 4 is 5.91 Å². The van der Waals surface area contributed by atoms with Gasteiger partial charge in [-0.25, -0.2) is 8.78 Å². The van der Waals surface area contributed by atoms with E-state index in [1.807, 2.05) is 4.90 Å². The van der Waals surface area contributed by atoms with Crippen LogP contribution in [0.2, 0.25) is 0 Å². The van der Waals surface area contributed by atoms with Crippen LogP contribution < -0.4 is 5.73 Å². The van der Waals surface area contributed by atoms with Crippen LogP contribution in [-0.4, -0.2) is 29.9 Å². The quantitative estimate of drug-likeness (QED) is 0.933. The molecule has 1 aromatic rings. The molecule has 4 atom stereocenters. The molecule has 5 heteroatoms. The third kappa shape index (κ3) is 2.74. The van der Waals surface area contributed by atoms with Crippen LogP contribution in [0.15, 0.2) is 18.2 Å². The summed E-state index contributed by atoms with van der Waals surface area (Å²) in [6.07, 6.45) is 2.40. The SMILES string of the molecule is CC1CCN(C(=O)C2CC2c2c(F)cccc2F)C(CN)C1. The van der Waals surface area contributed by atoms with E-state index in [1.54, 1.807) is 0 Å². The van der Waals surface area contributed by atoms with E-state index in [9.17, 15) is 13.6 Å². The van der Waals surface area contributed by atoms with Crippen molar-refractivity contribution in [3.63, 3.8) is 0 Å². The highest BCUT2D eigenvalue weighted by atomic mass is 19.1. The largest absolute Gasteiger partial charge is 0.338 e. The highest BCUT2D eigenvalue weighted by Crippen LogP contribution is 2.50. The van der Waals surface area contributed by atoms with Crippen molar-refractivity contribution in [2.24, 2.45) is 17.6 Å². The van der Waals surface area contributed by atoms with Gasteiger partial charge in [0.15, 0.2) is 0 Å². The topological polar surface area (TPSA) is 46.3 Å². The van der Waals surface area contributed by atoms with Crippen molar-refractivity contribution in [3.8, 4) is 0 Å². The van der Waals surface area contributed by atoms with Crippen LogP contribution >= 0.6 is 0 Å². The van der Waals surface area contributed by atoms with Crippen molar-refractivity contribution in [3.05, 3.63) is 35.4 Å². The first-order chi connectivity index (χ1) is 10.5. The Kier molecular flexibility index (Phi) is 4.17. The van der Waals surface area contributed by atoms with Gasteiger partial charge in [0.05, 0.1) is 0 Å². The highest BCUT2D eigenvalue weighted by Gasteiger charge is 2.49. The number of halogens is 2. The predicted octanol–water partition coefficient (Wildman–Crippen LogP) is 2.65. The fourth-order valence-electron chi connectivity index (χ4n) is 3.63. The second-order valence-electron chi connectivity index (χ2n) is 6.63. The molecule has 0 aromatic heterocycles. The molecule has 2 N–H and O–H groups in total. The Labute approximate surface area is 129 Å². The molecule has 3 rings (SSSR count). The maximum Gasteiger partial charge on any atom is 0.226 e. The molecule has 2 aliphatic rings. The molecule has 1 saturated heterocycles. The lowest BCUT2D eigenvalue weighted by molar-refractivity contribution is -0.136. The van der Waals surface area contributed by atoms with E-state index in [-0.39, 0.29) is 29.3 Å². The van der Waals surface area contributed by atoms with E-state index in [0.29, 0.717) is 25.4 Å². The van der Waals surface area contributed by atoms with Gasteiger partial charge in [0.25, 0.3) is 0 Å². The van der Waals surface area contributed by atoms with Crippen molar-refractivity contribution < 1.29 is 13.6 Å². The number of nitrogens with two attached hydrogens (primary N) is 1. The lowest BCUT2D eigenvalue weighted by Crippen LogP contribution is -2.50. The van der Waals surface area contributed by atoms with E-state index >= 15 is 0 Å². The second kappa shape index (κ2) is 5.95. The van der Waals surface area contributed by atoms with E-state index in [2.05, 4.69) is 6.92 Å². The summed E-state index contributed by atoms with van der Waals surface area (Å²) in [4.78, 5) is 14.5. The normalized spacial score (nSPS) is 31.2. The zero-order valence-electron chi connectivity index (χ0n) is 12.8. The number of rotatable bonds is 3. The Morgan fingerprint density at radius 3 is 2.64 bits per heavy atom. The lowest BCUT2D eigenvalue weighted by atomic mass is 9.92. The molecular formula is C17H22F2N2O. The van der Waals surface area contributed by atoms with Crippen LogP contribution in [0.5, 0.6) is 0 Å². The van der Waals surface area contributed by atoms with E-state index < -0.39 is 11.6 Å². The minimum atomic E-state index is -0.553. The van der Waals surface area contributed by atoms with Gasteiger partial charge in [-0.3, -0.25) is 4.79 Å². The Bertz CT molecular complexity index is 558. The average Bonchev–Trinajstić information content (AvgIpc) is 3.26. The molecule has 120 valence electrons. The van der Waals surface area contributed by atoms with Gasteiger partial charge in [-0.05, 0) is 37.3 Å². The minimum Gasteiger partial charge on any atom is -0.338 e. The summed E-state index contributed by atoms with van der Waals surface area (Å²) in [5.74, 6) is -1.15. The van der Waals surface area contributed by atoms with Crippen LogP contribution in [-0.2, 0) is 4.79 Å². The standard InChI is InChI=1S/C17H22F2N2O/c1-10-5-6-21(11(7-10)9-20)17(22)13-8-12(13)16-14(18)3-2-4-15(16)19/h2-4,10-13H,5-9,20H2,1H3. The molecule has 0 spiro atoms. The number of benzene rings is 1. The number of carbonyl (C=O) groups is 1. The number of hydrogen-bond donors (Lipinski definition) is 1. The summed E-state index contributed by atoms with van der Waals surface area (Å²) in [5.41, 5.74) is 5.86. The Hall–Kier alpha value is -1.49. The summed E-state index contributed by atoms with van der Waals surface area (Å²) >= 11 is 0. The number of piperidine rings is 1. The number of amides is 1. The van der Waals surface area contributed by atoms with Crippen LogP contribution in [0.3, 0.4) is 0 Å². The molecule has 0 radical (unpaired) electrons. The lowest BCUT2D eigenvalue weighted by Gasteiger charge is -2.38. The molecule has 1 aliphatic heterocycles. The van der Waals surface area contributed by atoms with Gasteiger partial charge in [-0.15, -0.1) is 0 Å². The molecule has 1 saturated carbocycles. The van der Waals surface area contributed by atoms with Gasteiger partial charge in [0, 0.05) is 36.5 Å². The first-order valence-corrected chi connectivity index (χ1v) is 7.97. The van der Waals surface area contributed by atoms with Gasteiger partial charge in [0.2, 0.25) is 5.91 Å². The first-order valence-electron chi connectivity index (χ1n) is 7.97. The molecule has 1 aliphatic carbocycles. The first kappa shape index (κ1) is 15.4. The fourth-order valence-corrected chi connectivity index (χ4v) is 3.63. The van der Waals surface area contributed by atoms with Crippen LogP contribution in [0.25, 0.3) is 0 Å². The zero-order valence-corrected chi connectivity index (χ0v) is 12.8. The molecular weight excluding hydrogens is 286 g/mol. The van der Waals surface area contributed by atoms with Gasteiger partial charge < -0.3 is 10.6 Å². The van der Waals surface area contributed by atoms with E-state index in [4.69, 9.17) is 5.73 Å². The third-order valence-corrected chi connectivity index (χ3v) is 5.01. The van der Waals surface area contributed by atoms with E-state index in [1.165, 1.54) is 18.2 Å². The smallest absolute Gasteiger partial charge is 0.226 e. The fraction of sp³-hybridized carbons (Fsp3) is 0.588. The van der Waals surface area contributed by atoms with Crippen LogP contribution in [0.1, 0.15) is 37.7 Å². The maximum absolute atomic E-state index is 13.8. The van der Waals surface area contributed by atoms with Crippen LogP contribution in [0, 0.1) is 23.5 Å². The summed E-state index contributed by atoms with van der Waals surface area (Å²) < 4.78 is 27.7. The van der Waals surface area contributed by atoms with Crippen molar-refractivity contribution in [1.82, 2.24) is 4.90 Å². The molecule has 3 nitrogen and oxygen atoms in total. The Morgan fingerprint density at radius 1 is 1.32 bits per heavy atom. The van der Waals surface area contributed by atoms with Gasteiger partial charge in [-0.2, -0.15) is 0 Å². The number of likely N-dealkylation sites (tertiary alicyclic amines) is 1. The summed E-state index contributed by atoms with van der Waals surface area (Å²) in [5, 5.41) is 0. The summed E-state index contributed by atoms with van der Waals surface area (Å²) in [7, 11) is 0. The van der Waals surface area contributed by atoms with Crippen molar-refractivity contribution in [2.75, 3.05) is 13.1 Å². The van der Waals surface area contributed by atoms with Gasteiger partial charge in [0.1, 0.15) is 11.6 Å². The maximum atomic E-state index is 13.8. The zero-order chi connectivity index (χ0) is 15.9. The number of carbonyl (C=O) groups excluding carboxylic acids is 1. The average molecular weight is 308 g/mol. The number of nitrogens with zero attached hydrogens (tertiary/aromatic N) is 1. The van der Waals surface area contributed by atoms with E-state index in [0.717, 1.165) is 12.8 Å². The molecule has 4 unspecified atom stereocenters. The molecule has 0 bridgehead atoms. The van der Waals surface area contributed by atoms with Crippen molar-refractivity contribution in [2.45, 2.75) is 38.1 Å². The molecule has 1 aromatic carbocycles. The van der Waals surface area contributed by atoms with Gasteiger partial charge in [-0.1, -0.05) is 13.0 Å². The second-order valence-corrected chi connectivity index (χ2v) is 6.63. The highest BCUT2D eigenvalue weighted by molar-refractivity contribution is 5.83.